The zero-order valence-electron chi connectivity index (χ0n) is 7.64. The van der Waals surface area contributed by atoms with Crippen LogP contribution in [0.3, 0.4) is 0 Å². The van der Waals surface area contributed by atoms with E-state index in [9.17, 15) is 0 Å². The van der Waals surface area contributed by atoms with E-state index < -0.39 is 0 Å². The molecular formula is C10H13N3. The Balaban J connectivity index is 1.93. The van der Waals surface area contributed by atoms with E-state index in [0.717, 1.165) is 6.54 Å². The summed E-state index contributed by atoms with van der Waals surface area (Å²) in [5, 5.41) is 0. The summed E-state index contributed by atoms with van der Waals surface area (Å²) in [5.41, 5.74) is 4.55. The highest BCUT2D eigenvalue weighted by Gasteiger charge is 1.92. The molecule has 0 amide bonds. The Bertz CT molecular complexity index is 359. The Morgan fingerprint density at radius 2 is 2.00 bits per heavy atom. The van der Waals surface area contributed by atoms with Crippen LogP contribution in [0, 0.1) is 0 Å². The molecule has 1 N–H and O–H groups in total. The lowest BCUT2D eigenvalue weighted by Gasteiger charge is -2.04. The lowest BCUT2D eigenvalue weighted by atomic mass is 10.3. The maximum absolute atomic E-state index is 3.26. The van der Waals surface area contributed by atoms with Crippen molar-refractivity contribution in [2.75, 3.05) is 5.43 Å². The maximum Gasteiger partial charge on any atom is 0.0579 e. The van der Waals surface area contributed by atoms with E-state index in [4.69, 9.17) is 0 Å². The Morgan fingerprint density at radius 1 is 1.23 bits per heavy atom. The van der Waals surface area contributed by atoms with Crippen molar-refractivity contribution in [3.05, 3.63) is 48.5 Å². The van der Waals surface area contributed by atoms with E-state index in [1.807, 2.05) is 47.0 Å². The topological polar surface area (TPSA) is 21.9 Å². The SMILES string of the molecule is Cn1ccc(CNn2cccc2)c1. The van der Waals surface area contributed by atoms with Gasteiger partial charge in [0.15, 0.2) is 0 Å². The largest absolute Gasteiger partial charge is 0.357 e. The van der Waals surface area contributed by atoms with Crippen molar-refractivity contribution in [1.29, 1.82) is 0 Å². The fraction of sp³-hybridized carbons (Fsp3) is 0.200. The lowest BCUT2D eigenvalue weighted by molar-refractivity contribution is 0.841. The Kier molecular flexibility index (Phi) is 2.08. The Hall–Kier alpha value is -1.64. The summed E-state index contributed by atoms with van der Waals surface area (Å²) in [5.74, 6) is 0. The molecule has 3 heteroatoms. The van der Waals surface area contributed by atoms with Crippen LogP contribution in [-0.4, -0.2) is 9.24 Å². The van der Waals surface area contributed by atoms with Crippen molar-refractivity contribution in [3.8, 4) is 0 Å². The monoisotopic (exact) mass is 175 g/mol. The van der Waals surface area contributed by atoms with Gasteiger partial charge < -0.3 is 9.99 Å². The van der Waals surface area contributed by atoms with E-state index in [1.54, 1.807) is 0 Å². The van der Waals surface area contributed by atoms with Crippen LogP contribution in [0.25, 0.3) is 0 Å². The number of nitrogens with one attached hydrogen (secondary N) is 1. The second kappa shape index (κ2) is 3.39. The standard InChI is InChI=1S/C10H13N3/c1-12-7-4-10(9-12)8-11-13-5-2-3-6-13/h2-7,9,11H,8H2,1H3. The predicted molar refractivity (Wildman–Crippen MR) is 52.9 cm³/mol. The summed E-state index contributed by atoms with van der Waals surface area (Å²) in [6, 6.07) is 6.10. The Morgan fingerprint density at radius 3 is 2.62 bits per heavy atom. The molecule has 0 saturated carbocycles. The highest BCUT2D eigenvalue weighted by Crippen LogP contribution is 1.99. The summed E-state index contributed by atoms with van der Waals surface area (Å²) in [4.78, 5) is 0. The fourth-order valence-electron chi connectivity index (χ4n) is 1.29. The molecule has 0 atom stereocenters. The smallest absolute Gasteiger partial charge is 0.0579 e. The Labute approximate surface area is 77.6 Å². The minimum Gasteiger partial charge on any atom is -0.357 e. The molecular weight excluding hydrogens is 162 g/mol. The summed E-state index contributed by atoms with van der Waals surface area (Å²) in [7, 11) is 2.03. The predicted octanol–water partition coefficient (Wildman–Crippen LogP) is 1.57. The number of hydrogen-bond acceptors (Lipinski definition) is 1. The molecule has 0 spiro atoms. The van der Waals surface area contributed by atoms with Crippen molar-refractivity contribution in [1.82, 2.24) is 9.24 Å². The van der Waals surface area contributed by atoms with Gasteiger partial charge in [-0.2, -0.15) is 0 Å². The molecule has 2 rings (SSSR count). The zero-order valence-corrected chi connectivity index (χ0v) is 7.64. The highest BCUT2D eigenvalue weighted by atomic mass is 15.4. The molecule has 13 heavy (non-hydrogen) atoms. The van der Waals surface area contributed by atoms with E-state index >= 15 is 0 Å². The van der Waals surface area contributed by atoms with Gasteiger partial charge in [-0.3, -0.25) is 4.68 Å². The van der Waals surface area contributed by atoms with Gasteiger partial charge >= 0.3 is 0 Å². The first-order valence-electron chi connectivity index (χ1n) is 4.32. The van der Waals surface area contributed by atoms with E-state index in [1.165, 1.54) is 5.56 Å². The third-order valence-electron chi connectivity index (χ3n) is 1.96. The molecule has 0 bridgehead atoms. The molecule has 0 saturated heterocycles. The first kappa shape index (κ1) is 7.98. The third-order valence-corrected chi connectivity index (χ3v) is 1.96. The average Bonchev–Trinajstić information content (AvgIpc) is 2.71. The molecule has 0 aliphatic rings. The molecule has 0 aromatic carbocycles. The molecule has 0 aliphatic heterocycles. The fourth-order valence-corrected chi connectivity index (χ4v) is 1.29. The van der Waals surface area contributed by atoms with Crippen molar-refractivity contribution in [3.63, 3.8) is 0 Å². The van der Waals surface area contributed by atoms with Gasteiger partial charge in [-0.05, 0) is 23.8 Å². The van der Waals surface area contributed by atoms with Gasteiger partial charge in [-0.25, -0.2) is 0 Å². The summed E-state index contributed by atoms with van der Waals surface area (Å²) in [6.07, 6.45) is 8.13. The van der Waals surface area contributed by atoms with Crippen LogP contribution in [0.1, 0.15) is 5.56 Å². The third kappa shape index (κ3) is 1.93. The van der Waals surface area contributed by atoms with Crippen LogP contribution in [0.2, 0.25) is 0 Å². The van der Waals surface area contributed by atoms with Crippen LogP contribution in [0.15, 0.2) is 43.0 Å². The second-order valence-electron chi connectivity index (χ2n) is 3.11. The average molecular weight is 175 g/mol. The second-order valence-corrected chi connectivity index (χ2v) is 3.11. The molecule has 3 nitrogen and oxygen atoms in total. The van der Waals surface area contributed by atoms with Crippen LogP contribution >= 0.6 is 0 Å². The van der Waals surface area contributed by atoms with Crippen LogP contribution in [0.5, 0.6) is 0 Å². The van der Waals surface area contributed by atoms with Gasteiger partial charge in [-0.1, -0.05) is 0 Å². The molecule has 0 fully saturated rings. The maximum atomic E-state index is 3.26. The molecule has 0 radical (unpaired) electrons. The van der Waals surface area contributed by atoms with E-state index in [2.05, 4.69) is 17.7 Å². The minimum absolute atomic E-state index is 0.857. The number of hydrogen-bond donors (Lipinski definition) is 1. The van der Waals surface area contributed by atoms with Crippen LogP contribution in [0.4, 0.5) is 0 Å². The number of aryl methyl sites for hydroxylation is 1. The quantitative estimate of drug-likeness (QED) is 0.751. The van der Waals surface area contributed by atoms with Crippen LogP contribution in [-0.2, 0) is 13.6 Å². The van der Waals surface area contributed by atoms with Gasteiger partial charge in [-0.15, -0.1) is 0 Å². The van der Waals surface area contributed by atoms with Crippen molar-refractivity contribution in [2.24, 2.45) is 7.05 Å². The van der Waals surface area contributed by atoms with Gasteiger partial charge in [0.25, 0.3) is 0 Å². The first-order chi connectivity index (χ1) is 6.34. The first-order valence-corrected chi connectivity index (χ1v) is 4.32. The summed E-state index contributed by atoms with van der Waals surface area (Å²) >= 11 is 0. The summed E-state index contributed by atoms with van der Waals surface area (Å²) in [6.45, 7) is 0.857. The number of aromatic nitrogens is 2. The molecule has 2 aromatic heterocycles. The van der Waals surface area contributed by atoms with Gasteiger partial charge in [0.05, 0.1) is 6.54 Å². The molecule has 2 aromatic rings. The summed E-state index contributed by atoms with van der Waals surface area (Å²) < 4.78 is 4.00. The zero-order chi connectivity index (χ0) is 9.10. The number of nitrogens with zero attached hydrogens (tertiary/aromatic N) is 2. The van der Waals surface area contributed by atoms with Crippen molar-refractivity contribution >= 4 is 0 Å². The normalized spacial score (nSPS) is 10.2. The van der Waals surface area contributed by atoms with E-state index in [-0.39, 0.29) is 0 Å². The highest BCUT2D eigenvalue weighted by molar-refractivity contribution is 5.11. The van der Waals surface area contributed by atoms with E-state index in [0.29, 0.717) is 0 Å². The van der Waals surface area contributed by atoms with Crippen LogP contribution < -0.4 is 5.43 Å². The van der Waals surface area contributed by atoms with Crippen molar-refractivity contribution in [2.45, 2.75) is 6.54 Å². The molecule has 0 unspecified atom stereocenters. The number of rotatable bonds is 3. The van der Waals surface area contributed by atoms with Gasteiger partial charge in [0, 0.05) is 31.8 Å². The van der Waals surface area contributed by atoms with Crippen molar-refractivity contribution < 1.29 is 0 Å². The van der Waals surface area contributed by atoms with Gasteiger partial charge in [0.2, 0.25) is 0 Å². The molecule has 0 aliphatic carbocycles. The lowest BCUT2D eigenvalue weighted by Crippen LogP contribution is -2.11. The molecule has 2 heterocycles. The molecule has 68 valence electrons. The van der Waals surface area contributed by atoms with Gasteiger partial charge in [0.1, 0.15) is 0 Å². The minimum atomic E-state index is 0.857.